The number of aliphatic hydroxyl groups excluding tert-OH is 1. The van der Waals surface area contributed by atoms with E-state index >= 15 is 0 Å². The third-order valence-electron chi connectivity index (χ3n) is 3.86. The Morgan fingerprint density at radius 1 is 1.48 bits per heavy atom. The van der Waals surface area contributed by atoms with Crippen molar-refractivity contribution in [1.82, 2.24) is 5.32 Å². The quantitative estimate of drug-likeness (QED) is 0.684. The van der Waals surface area contributed by atoms with Gasteiger partial charge in [-0.25, -0.2) is 0 Å². The molecule has 0 saturated carbocycles. The molecular formula is C16H24BrNO2S. The van der Waals surface area contributed by atoms with Gasteiger partial charge in [0.15, 0.2) is 0 Å². The maximum Gasteiger partial charge on any atom is 0.0897 e. The first kappa shape index (κ1) is 17.2. The third-order valence-corrected chi connectivity index (χ3v) is 5.56. The summed E-state index contributed by atoms with van der Waals surface area (Å²) >= 11 is 5.15. The molecule has 0 aliphatic heterocycles. The van der Waals surface area contributed by atoms with Gasteiger partial charge in [-0.3, -0.25) is 0 Å². The molecule has 0 amide bonds. The van der Waals surface area contributed by atoms with Crippen molar-refractivity contribution in [3.63, 3.8) is 0 Å². The van der Waals surface area contributed by atoms with Crippen molar-refractivity contribution in [2.75, 3.05) is 19.8 Å². The maximum atomic E-state index is 9.92. The molecule has 1 aliphatic carbocycles. The second-order valence-corrected chi connectivity index (χ2v) is 7.65. The van der Waals surface area contributed by atoms with Crippen molar-refractivity contribution in [2.24, 2.45) is 11.8 Å². The van der Waals surface area contributed by atoms with Gasteiger partial charge < -0.3 is 15.2 Å². The van der Waals surface area contributed by atoms with Crippen LogP contribution in [0.4, 0.5) is 0 Å². The Labute approximate surface area is 139 Å². The number of thiophene rings is 1. The lowest BCUT2D eigenvalue weighted by atomic mass is 9.85. The molecule has 3 atom stereocenters. The summed E-state index contributed by atoms with van der Waals surface area (Å²) in [4.78, 5) is 1.26. The predicted octanol–water partition coefficient (Wildman–Crippen LogP) is 3.58. The van der Waals surface area contributed by atoms with Crippen LogP contribution >= 0.6 is 27.3 Å². The number of aliphatic hydroxyl groups is 1. The molecule has 21 heavy (non-hydrogen) atoms. The number of rotatable bonds is 8. The molecule has 5 heteroatoms. The number of nitrogens with one attached hydrogen (secondary N) is 1. The molecule has 1 aliphatic rings. The Hall–Kier alpha value is -0.200. The van der Waals surface area contributed by atoms with E-state index in [1.54, 1.807) is 11.3 Å². The van der Waals surface area contributed by atoms with Gasteiger partial charge in [0.2, 0.25) is 0 Å². The van der Waals surface area contributed by atoms with Crippen molar-refractivity contribution >= 4 is 27.3 Å². The molecule has 3 nitrogen and oxygen atoms in total. The molecule has 2 N–H and O–H groups in total. The molecule has 118 valence electrons. The Morgan fingerprint density at radius 2 is 2.29 bits per heavy atom. The zero-order chi connectivity index (χ0) is 15.1. The number of halogens is 1. The third kappa shape index (κ3) is 6.20. The molecule has 0 saturated heterocycles. The minimum atomic E-state index is -0.442. The second-order valence-electron chi connectivity index (χ2n) is 5.73. The lowest BCUT2D eigenvalue weighted by molar-refractivity contribution is 0.0128. The van der Waals surface area contributed by atoms with Crippen molar-refractivity contribution in [3.05, 3.63) is 32.9 Å². The van der Waals surface area contributed by atoms with Crippen molar-refractivity contribution in [3.8, 4) is 0 Å². The van der Waals surface area contributed by atoms with E-state index < -0.39 is 6.10 Å². The summed E-state index contributed by atoms with van der Waals surface area (Å²) in [5, 5.41) is 15.2. The monoisotopic (exact) mass is 373 g/mol. The molecule has 1 aromatic rings. The van der Waals surface area contributed by atoms with E-state index in [1.165, 1.54) is 4.88 Å². The maximum absolute atomic E-state index is 9.92. The van der Waals surface area contributed by atoms with Crippen LogP contribution in [-0.2, 0) is 11.3 Å². The molecule has 3 unspecified atom stereocenters. The summed E-state index contributed by atoms with van der Waals surface area (Å²) in [6, 6.07) is 2.10. The Balaban J connectivity index is 1.55. The fraction of sp³-hybridized carbons (Fsp3) is 0.625. The van der Waals surface area contributed by atoms with Gasteiger partial charge in [0.1, 0.15) is 0 Å². The molecule has 1 heterocycles. The second kappa shape index (κ2) is 9.06. The Morgan fingerprint density at radius 3 is 3.00 bits per heavy atom. The van der Waals surface area contributed by atoms with Crippen LogP contribution in [0.2, 0.25) is 0 Å². The van der Waals surface area contributed by atoms with E-state index in [2.05, 4.69) is 51.8 Å². The largest absolute Gasteiger partial charge is 0.389 e. The number of hydrogen-bond donors (Lipinski definition) is 2. The molecule has 0 bridgehead atoms. The lowest BCUT2D eigenvalue weighted by Crippen LogP contribution is -2.31. The van der Waals surface area contributed by atoms with Crippen molar-refractivity contribution < 1.29 is 9.84 Å². The highest BCUT2D eigenvalue weighted by Crippen LogP contribution is 2.25. The molecule has 0 spiro atoms. The van der Waals surface area contributed by atoms with Gasteiger partial charge in [0.25, 0.3) is 0 Å². The normalized spacial score (nSPS) is 23.4. The molecule has 0 fully saturated rings. The summed E-state index contributed by atoms with van der Waals surface area (Å²) in [6.07, 6.45) is 6.30. The molecule has 0 radical (unpaired) electrons. The fourth-order valence-corrected chi connectivity index (χ4v) is 3.88. The molecule has 1 aromatic heterocycles. The van der Waals surface area contributed by atoms with Crippen LogP contribution in [0.3, 0.4) is 0 Å². The van der Waals surface area contributed by atoms with Crippen LogP contribution < -0.4 is 5.32 Å². The zero-order valence-electron chi connectivity index (χ0n) is 12.4. The van der Waals surface area contributed by atoms with Gasteiger partial charge in [-0.2, -0.15) is 0 Å². The molecule has 0 aromatic carbocycles. The van der Waals surface area contributed by atoms with E-state index in [0.29, 0.717) is 25.0 Å². The lowest BCUT2D eigenvalue weighted by Gasteiger charge is -2.25. The van der Waals surface area contributed by atoms with E-state index in [9.17, 15) is 5.11 Å². The summed E-state index contributed by atoms with van der Waals surface area (Å²) in [6.45, 7) is 4.79. The van der Waals surface area contributed by atoms with Crippen LogP contribution in [0.5, 0.6) is 0 Å². The minimum Gasteiger partial charge on any atom is -0.389 e. The predicted molar refractivity (Wildman–Crippen MR) is 91.6 cm³/mol. The highest BCUT2D eigenvalue weighted by atomic mass is 79.9. The van der Waals surface area contributed by atoms with Crippen LogP contribution in [0.25, 0.3) is 0 Å². The van der Waals surface area contributed by atoms with E-state index in [1.807, 2.05) is 0 Å². The first-order valence-electron chi connectivity index (χ1n) is 7.49. The molecular weight excluding hydrogens is 350 g/mol. The fourth-order valence-electron chi connectivity index (χ4n) is 2.46. The van der Waals surface area contributed by atoms with Crippen LogP contribution in [0, 0.1) is 11.8 Å². The van der Waals surface area contributed by atoms with Gasteiger partial charge in [-0.1, -0.05) is 19.1 Å². The summed E-state index contributed by atoms with van der Waals surface area (Å²) in [5.41, 5.74) is 0. The summed E-state index contributed by atoms with van der Waals surface area (Å²) < 4.78 is 6.80. The van der Waals surface area contributed by atoms with Crippen molar-refractivity contribution in [1.29, 1.82) is 0 Å². The van der Waals surface area contributed by atoms with Crippen LogP contribution in [-0.4, -0.2) is 31.0 Å². The van der Waals surface area contributed by atoms with Crippen LogP contribution in [0.15, 0.2) is 28.1 Å². The van der Waals surface area contributed by atoms with E-state index in [0.717, 1.165) is 30.5 Å². The number of allylic oxidation sites excluding steroid dienone is 2. The topological polar surface area (TPSA) is 41.5 Å². The minimum absolute atomic E-state index is 0.411. The van der Waals surface area contributed by atoms with Gasteiger partial charge in [-0.05, 0) is 46.7 Å². The van der Waals surface area contributed by atoms with E-state index in [-0.39, 0.29) is 0 Å². The average Bonchev–Trinajstić information content (AvgIpc) is 2.87. The van der Waals surface area contributed by atoms with Gasteiger partial charge in [0.05, 0.1) is 19.3 Å². The van der Waals surface area contributed by atoms with Crippen LogP contribution in [0.1, 0.15) is 24.6 Å². The number of hydrogen-bond acceptors (Lipinski definition) is 4. The Bertz CT molecular complexity index is 449. The molecule has 2 rings (SSSR count). The Kier molecular flexibility index (Phi) is 7.40. The van der Waals surface area contributed by atoms with Gasteiger partial charge in [-0.15, -0.1) is 11.3 Å². The number of ether oxygens (including phenoxy) is 1. The smallest absolute Gasteiger partial charge is 0.0897 e. The highest BCUT2D eigenvalue weighted by molar-refractivity contribution is 9.10. The summed E-state index contributed by atoms with van der Waals surface area (Å²) in [7, 11) is 0. The highest BCUT2D eigenvalue weighted by Gasteiger charge is 2.18. The van der Waals surface area contributed by atoms with Gasteiger partial charge in [0, 0.05) is 27.8 Å². The average molecular weight is 374 g/mol. The first-order chi connectivity index (χ1) is 10.1. The first-order valence-corrected chi connectivity index (χ1v) is 9.17. The zero-order valence-corrected chi connectivity index (χ0v) is 14.8. The standard InChI is InChI=1S/C16H24BrNO2S/c1-12-4-2-3-5-13(12)9-20-10-15(19)7-18-8-16-6-14(17)11-21-16/h2-3,6,11-13,15,18-19H,4-5,7-10H2,1H3. The summed E-state index contributed by atoms with van der Waals surface area (Å²) in [5.74, 6) is 1.28. The SMILES string of the molecule is CC1CC=CCC1COCC(O)CNCc1cc(Br)cs1. The van der Waals surface area contributed by atoms with E-state index in [4.69, 9.17) is 4.74 Å². The van der Waals surface area contributed by atoms with Gasteiger partial charge >= 0.3 is 0 Å². The van der Waals surface area contributed by atoms with Crippen molar-refractivity contribution in [2.45, 2.75) is 32.4 Å².